The summed E-state index contributed by atoms with van der Waals surface area (Å²) < 4.78 is 0. The van der Waals surface area contributed by atoms with Gasteiger partial charge in [-0.3, -0.25) is 0 Å². The highest BCUT2D eigenvalue weighted by Crippen LogP contribution is 2.42. The lowest BCUT2D eigenvalue weighted by Gasteiger charge is -2.32. The molecule has 130 valence electrons. The fraction of sp³-hybridized carbons (Fsp3) is 0.280. The summed E-state index contributed by atoms with van der Waals surface area (Å²) in [6.07, 6.45) is 5.18. The molecule has 2 aliphatic rings. The fourth-order valence-corrected chi connectivity index (χ4v) is 5.00. The average molecular weight is 339 g/mol. The van der Waals surface area contributed by atoms with E-state index in [9.17, 15) is 0 Å². The van der Waals surface area contributed by atoms with Crippen LogP contribution in [0.2, 0.25) is 0 Å². The maximum absolute atomic E-state index is 2.67. The van der Waals surface area contributed by atoms with Crippen molar-refractivity contribution in [3.63, 3.8) is 0 Å². The van der Waals surface area contributed by atoms with Crippen molar-refractivity contribution >= 4 is 5.69 Å². The number of anilines is 1. The van der Waals surface area contributed by atoms with Crippen LogP contribution in [0.1, 0.15) is 36.3 Å². The van der Waals surface area contributed by atoms with Gasteiger partial charge in [-0.05, 0) is 60.1 Å². The number of fused-ring (bicyclic) bond motifs is 1. The van der Waals surface area contributed by atoms with Gasteiger partial charge in [0, 0.05) is 24.2 Å². The smallest absolute Gasteiger partial charge is 0.0369 e. The molecule has 1 saturated heterocycles. The van der Waals surface area contributed by atoms with Crippen molar-refractivity contribution in [1.29, 1.82) is 0 Å². The molecule has 0 saturated carbocycles. The van der Waals surface area contributed by atoms with E-state index in [0.717, 1.165) is 0 Å². The largest absolute Gasteiger partial charge is 0.368 e. The van der Waals surface area contributed by atoms with Gasteiger partial charge in [-0.25, -0.2) is 0 Å². The summed E-state index contributed by atoms with van der Waals surface area (Å²) in [6, 6.07) is 29.6. The van der Waals surface area contributed by atoms with Gasteiger partial charge in [-0.1, -0.05) is 66.7 Å². The second kappa shape index (κ2) is 6.64. The molecule has 0 radical (unpaired) electrons. The minimum absolute atomic E-state index is 0.654. The zero-order valence-corrected chi connectivity index (χ0v) is 15.1. The molecule has 0 N–H and O–H groups in total. The standard InChI is InChI=1S/C25H25N/c1-2-7-19(8-3-1)20-12-15-22(16-13-20)26-18-6-11-25(26)24-17-14-21-9-4-5-10-23(21)24/h1-5,7-10,12-13,15-16,24-25H,6,11,14,17-18H2/t24-,25+/m1/s1. The van der Waals surface area contributed by atoms with Gasteiger partial charge in [0.1, 0.15) is 0 Å². The van der Waals surface area contributed by atoms with E-state index < -0.39 is 0 Å². The highest BCUT2D eigenvalue weighted by Gasteiger charge is 2.36. The van der Waals surface area contributed by atoms with E-state index in [0.29, 0.717) is 12.0 Å². The van der Waals surface area contributed by atoms with Crippen molar-refractivity contribution in [2.24, 2.45) is 0 Å². The summed E-state index contributed by atoms with van der Waals surface area (Å²) >= 11 is 0. The van der Waals surface area contributed by atoms with E-state index in [4.69, 9.17) is 0 Å². The van der Waals surface area contributed by atoms with E-state index in [1.807, 2.05) is 0 Å². The molecule has 2 atom stereocenters. The molecule has 0 aromatic heterocycles. The van der Waals surface area contributed by atoms with Gasteiger partial charge in [-0.2, -0.15) is 0 Å². The lowest BCUT2D eigenvalue weighted by atomic mass is 9.91. The van der Waals surface area contributed by atoms with Crippen molar-refractivity contribution in [3.8, 4) is 11.1 Å². The molecule has 1 heterocycles. The van der Waals surface area contributed by atoms with Gasteiger partial charge in [0.15, 0.2) is 0 Å². The van der Waals surface area contributed by atoms with E-state index in [-0.39, 0.29) is 0 Å². The van der Waals surface area contributed by atoms with Crippen LogP contribution in [0.4, 0.5) is 5.69 Å². The van der Waals surface area contributed by atoms with Crippen LogP contribution < -0.4 is 4.90 Å². The Labute approximate surface area is 156 Å². The Kier molecular flexibility index (Phi) is 4.01. The van der Waals surface area contributed by atoms with Crippen molar-refractivity contribution in [3.05, 3.63) is 90.0 Å². The molecule has 1 aliphatic heterocycles. The van der Waals surface area contributed by atoms with Crippen LogP contribution in [0.3, 0.4) is 0 Å². The highest BCUT2D eigenvalue weighted by molar-refractivity contribution is 5.66. The summed E-state index contributed by atoms with van der Waals surface area (Å²) in [7, 11) is 0. The van der Waals surface area contributed by atoms with Gasteiger partial charge in [-0.15, -0.1) is 0 Å². The lowest BCUT2D eigenvalue weighted by Crippen LogP contribution is -2.33. The maximum atomic E-state index is 2.67. The van der Waals surface area contributed by atoms with Crippen molar-refractivity contribution in [2.45, 2.75) is 37.6 Å². The molecular formula is C25H25N. The molecule has 3 aromatic rings. The van der Waals surface area contributed by atoms with Gasteiger partial charge in [0.25, 0.3) is 0 Å². The first-order valence-electron chi connectivity index (χ1n) is 9.90. The summed E-state index contributed by atoms with van der Waals surface area (Å²) in [5.74, 6) is 0.697. The molecule has 1 fully saturated rings. The monoisotopic (exact) mass is 339 g/mol. The zero-order valence-electron chi connectivity index (χ0n) is 15.1. The summed E-state index contributed by atoms with van der Waals surface area (Å²) in [5, 5.41) is 0. The highest BCUT2D eigenvalue weighted by atomic mass is 15.2. The van der Waals surface area contributed by atoms with Crippen LogP contribution in [0, 0.1) is 0 Å². The SMILES string of the molecule is c1ccc(-c2ccc(N3CCC[C@H]3[C@@H]3CCc4ccccc43)cc2)cc1. The molecule has 0 spiro atoms. The molecule has 5 rings (SSSR count). The van der Waals surface area contributed by atoms with E-state index in [2.05, 4.69) is 83.8 Å². The quantitative estimate of drug-likeness (QED) is 0.561. The molecule has 26 heavy (non-hydrogen) atoms. The predicted molar refractivity (Wildman–Crippen MR) is 110 cm³/mol. The lowest BCUT2D eigenvalue weighted by molar-refractivity contribution is 0.526. The Hall–Kier alpha value is -2.54. The Bertz CT molecular complexity index is 882. The summed E-state index contributed by atoms with van der Waals surface area (Å²) in [6.45, 7) is 1.19. The van der Waals surface area contributed by atoms with Crippen LogP contribution in [-0.2, 0) is 6.42 Å². The normalized spacial score (nSPS) is 21.8. The topological polar surface area (TPSA) is 3.24 Å². The Balaban J connectivity index is 1.41. The van der Waals surface area contributed by atoms with Crippen molar-refractivity contribution < 1.29 is 0 Å². The number of hydrogen-bond acceptors (Lipinski definition) is 1. The third-order valence-corrected chi connectivity index (χ3v) is 6.25. The maximum Gasteiger partial charge on any atom is 0.0369 e. The van der Waals surface area contributed by atoms with E-state index >= 15 is 0 Å². The van der Waals surface area contributed by atoms with Crippen LogP contribution >= 0.6 is 0 Å². The second-order valence-electron chi connectivity index (χ2n) is 7.66. The van der Waals surface area contributed by atoms with Gasteiger partial charge < -0.3 is 4.90 Å². The molecule has 0 amide bonds. The zero-order chi connectivity index (χ0) is 17.3. The summed E-state index contributed by atoms with van der Waals surface area (Å²) in [4.78, 5) is 2.67. The third kappa shape index (κ3) is 2.72. The average Bonchev–Trinajstić information content (AvgIpc) is 3.35. The second-order valence-corrected chi connectivity index (χ2v) is 7.66. The number of nitrogens with zero attached hydrogens (tertiary/aromatic N) is 1. The molecule has 1 aliphatic carbocycles. The molecule has 0 bridgehead atoms. The van der Waals surface area contributed by atoms with Crippen LogP contribution in [0.15, 0.2) is 78.9 Å². The molecule has 0 unspecified atom stereocenters. The van der Waals surface area contributed by atoms with E-state index in [1.54, 1.807) is 11.1 Å². The first-order valence-corrected chi connectivity index (χ1v) is 9.90. The third-order valence-electron chi connectivity index (χ3n) is 6.25. The molecule has 3 aromatic carbocycles. The number of aryl methyl sites for hydroxylation is 1. The van der Waals surface area contributed by atoms with Crippen LogP contribution in [0.5, 0.6) is 0 Å². The van der Waals surface area contributed by atoms with E-state index in [1.165, 1.54) is 49.0 Å². The van der Waals surface area contributed by atoms with Gasteiger partial charge >= 0.3 is 0 Å². The molecule has 1 nitrogen and oxygen atoms in total. The first-order chi connectivity index (χ1) is 12.9. The molecule has 1 heteroatoms. The fourth-order valence-electron chi connectivity index (χ4n) is 5.00. The Morgan fingerprint density at radius 1 is 0.692 bits per heavy atom. The minimum atomic E-state index is 0.654. The van der Waals surface area contributed by atoms with Crippen LogP contribution in [-0.4, -0.2) is 12.6 Å². The van der Waals surface area contributed by atoms with Crippen molar-refractivity contribution in [2.75, 3.05) is 11.4 Å². The summed E-state index contributed by atoms with van der Waals surface area (Å²) in [5.41, 5.74) is 7.16. The minimum Gasteiger partial charge on any atom is -0.368 e. The predicted octanol–water partition coefficient (Wildman–Crippen LogP) is 6.05. The molecular weight excluding hydrogens is 314 g/mol. The first kappa shape index (κ1) is 15.7. The van der Waals surface area contributed by atoms with Gasteiger partial charge in [0.05, 0.1) is 0 Å². The van der Waals surface area contributed by atoms with Crippen molar-refractivity contribution in [1.82, 2.24) is 0 Å². The Morgan fingerprint density at radius 2 is 1.42 bits per heavy atom. The van der Waals surface area contributed by atoms with Crippen LogP contribution in [0.25, 0.3) is 11.1 Å². The number of rotatable bonds is 3. The Morgan fingerprint density at radius 3 is 2.27 bits per heavy atom. The van der Waals surface area contributed by atoms with Gasteiger partial charge in [0.2, 0.25) is 0 Å². The number of benzene rings is 3. The number of hydrogen-bond donors (Lipinski definition) is 0.